The van der Waals surface area contributed by atoms with Crippen LogP contribution in [-0.2, 0) is 56.4 Å². The zero-order valence-corrected chi connectivity index (χ0v) is 65.4. The first-order valence-electron chi connectivity index (χ1n) is 38.2. The largest absolute Gasteiger partial charge is 0.327 e. The van der Waals surface area contributed by atoms with Crippen molar-refractivity contribution in [1.82, 2.24) is 38.2 Å². The zero-order chi connectivity index (χ0) is 77.0. The average molecular weight is 1460 g/mol. The van der Waals surface area contributed by atoms with Crippen molar-refractivity contribution in [2.75, 3.05) is 0 Å². The summed E-state index contributed by atoms with van der Waals surface area (Å²) in [5.74, 6) is 4.02. The van der Waals surface area contributed by atoms with E-state index in [4.69, 9.17) is 19.9 Å². The molecule has 12 nitrogen and oxygen atoms in total. The van der Waals surface area contributed by atoms with Crippen molar-refractivity contribution in [3.05, 3.63) is 338 Å². The van der Waals surface area contributed by atoms with Gasteiger partial charge in [-0.1, -0.05) is 158 Å². The number of imidazole rings is 4. The van der Waals surface area contributed by atoms with Crippen LogP contribution in [0.25, 0.3) is 178 Å². The van der Waals surface area contributed by atoms with Crippen molar-refractivity contribution in [3.63, 3.8) is 0 Å². The summed E-state index contributed by atoms with van der Waals surface area (Å²) in [6.45, 7) is 8.82. The van der Waals surface area contributed by atoms with E-state index in [-0.39, 0.29) is 0 Å². The highest BCUT2D eigenvalue weighted by molar-refractivity contribution is 6.04. The van der Waals surface area contributed by atoms with Crippen molar-refractivity contribution < 1.29 is 18.3 Å². The summed E-state index contributed by atoms with van der Waals surface area (Å²) in [6, 6.07) is 102. The molecule has 0 radical (unpaired) electrons. The number of rotatable bonds is 8. The molecular weight excluding hydrogens is 1370 g/mol. The Hall–Kier alpha value is -13.8. The molecule has 12 aromatic carbocycles. The molecule has 112 heavy (non-hydrogen) atoms. The Kier molecular flexibility index (Phi) is 18.8. The molecule has 0 saturated heterocycles. The molecule has 0 unspecified atom stereocenters. The maximum Gasteiger partial charge on any atom is 0.220 e. The number of para-hydroxylation sites is 8. The molecule has 20 aromatic rings. The second-order valence-corrected chi connectivity index (χ2v) is 29.3. The van der Waals surface area contributed by atoms with Gasteiger partial charge in [-0.3, -0.25) is 0 Å². The monoisotopic (exact) mass is 1460 g/mol. The second-order valence-electron chi connectivity index (χ2n) is 29.3. The van der Waals surface area contributed by atoms with Crippen molar-refractivity contribution in [2.45, 2.75) is 27.7 Å². The molecule has 0 saturated carbocycles. The second kappa shape index (κ2) is 29.6. The molecule has 0 N–H and O–H groups in total. The van der Waals surface area contributed by atoms with Crippen LogP contribution in [0.1, 0.15) is 22.3 Å². The van der Waals surface area contributed by atoms with Gasteiger partial charge < -0.3 is 18.3 Å². The smallest absolute Gasteiger partial charge is 0.220 e. The van der Waals surface area contributed by atoms with E-state index < -0.39 is 0 Å². The van der Waals surface area contributed by atoms with Crippen LogP contribution >= 0.6 is 0 Å². The highest BCUT2D eigenvalue weighted by Gasteiger charge is 2.26. The zero-order valence-electron chi connectivity index (χ0n) is 65.4. The number of aromatic nitrogens is 12. The van der Waals surface area contributed by atoms with Gasteiger partial charge in [-0.25, -0.2) is 38.2 Å². The molecule has 0 fully saturated rings. The fraction of sp³-hybridized carbons (Fsp3) is 0.120. The van der Waals surface area contributed by atoms with Crippen LogP contribution in [0.5, 0.6) is 0 Å². The normalized spacial score (nSPS) is 11.4. The lowest BCUT2D eigenvalue weighted by Gasteiger charge is -2.14. The van der Waals surface area contributed by atoms with Gasteiger partial charge in [0.1, 0.15) is 51.5 Å². The number of fused-ring (bicyclic) bond motifs is 8. The molecule has 0 aliphatic carbocycles. The van der Waals surface area contributed by atoms with E-state index >= 15 is 0 Å². The predicted molar refractivity (Wildman–Crippen MR) is 460 cm³/mol. The van der Waals surface area contributed by atoms with Crippen LogP contribution in [0.4, 0.5) is 0 Å². The minimum atomic E-state index is 1.00. The van der Waals surface area contributed by atoms with Crippen molar-refractivity contribution in [2.24, 2.45) is 56.4 Å². The third-order valence-electron chi connectivity index (χ3n) is 22.6. The van der Waals surface area contributed by atoms with E-state index in [1.807, 2.05) is 24.3 Å². The minimum absolute atomic E-state index is 1.00. The lowest BCUT2D eigenvalue weighted by molar-refractivity contribution is -0.660. The van der Waals surface area contributed by atoms with Crippen LogP contribution in [0, 0.1) is 27.7 Å². The SMILES string of the molecule is Cc1c(-c2cccc[n+]2C)cc2ccccc2c1-c1nc2ccccc2n1C.Cc1c(-c2nc3ccccc3n2C)cc2ccccc2c1-c1cccc[n+]1C.Cc1c(-c2nc3ccccc3n2C)cccc1-c1c2ccccc2cc[n+]1C.Cc1c(-c2nc3ccccc3n2C)cccc1-c1cc2ccccc2c[n+]1C. The van der Waals surface area contributed by atoms with E-state index in [9.17, 15) is 0 Å². The van der Waals surface area contributed by atoms with Crippen molar-refractivity contribution in [1.29, 1.82) is 0 Å². The molecule has 544 valence electrons. The number of hydrogen-bond acceptors (Lipinski definition) is 4. The first kappa shape index (κ1) is 71.1. The van der Waals surface area contributed by atoms with E-state index in [1.54, 1.807) is 0 Å². The van der Waals surface area contributed by atoms with Gasteiger partial charge in [-0.2, -0.15) is 0 Å². The lowest BCUT2D eigenvalue weighted by Crippen LogP contribution is -2.30. The van der Waals surface area contributed by atoms with Gasteiger partial charge >= 0.3 is 0 Å². The molecule has 8 aromatic heterocycles. The number of hydrogen-bond donors (Lipinski definition) is 0. The van der Waals surface area contributed by atoms with Gasteiger partial charge in [0, 0.05) is 97.8 Å². The maximum atomic E-state index is 5.01. The topological polar surface area (TPSA) is 86.8 Å². The highest BCUT2D eigenvalue weighted by Crippen LogP contribution is 2.42. The van der Waals surface area contributed by atoms with Crippen LogP contribution in [0.2, 0.25) is 0 Å². The van der Waals surface area contributed by atoms with Crippen molar-refractivity contribution in [3.8, 4) is 90.6 Å². The Morgan fingerprint density at radius 2 is 0.625 bits per heavy atom. The molecule has 20 rings (SSSR count). The fourth-order valence-electron chi connectivity index (χ4n) is 16.6. The van der Waals surface area contributed by atoms with Gasteiger partial charge in [0.15, 0.2) is 24.8 Å². The molecule has 0 atom stereocenters. The van der Waals surface area contributed by atoms with E-state index in [0.717, 1.165) is 67.4 Å². The Morgan fingerprint density at radius 1 is 0.241 bits per heavy atom. The lowest BCUT2D eigenvalue weighted by atomic mass is 9.92. The highest BCUT2D eigenvalue weighted by atomic mass is 15.1. The van der Waals surface area contributed by atoms with Crippen LogP contribution in [0.15, 0.2) is 316 Å². The molecule has 0 spiro atoms. The minimum Gasteiger partial charge on any atom is -0.327 e. The molecule has 0 bridgehead atoms. The van der Waals surface area contributed by atoms with E-state index in [1.165, 1.54) is 133 Å². The third-order valence-corrected chi connectivity index (χ3v) is 22.6. The van der Waals surface area contributed by atoms with Crippen LogP contribution in [0.3, 0.4) is 0 Å². The Labute approximate surface area is 652 Å². The standard InChI is InChI=1S/4C25H22N3/c1-17-20(22-13-8-9-15-27(22)2)16-18-10-4-5-11-19(18)24(17)25-26-21-12-6-7-14-23(21)28(25)3;1-17-20(25-26-21-12-6-7-13-22(21)28(25)3)16-18-10-4-5-11-19(18)24(17)23-14-8-9-15-27(23)2;1-17-20(24-15-18-9-4-5-10-19(18)16-27(24)2)11-8-12-21(17)25-26-22-13-6-7-14-23(22)28(25)3;1-17-19(24-21-10-5-4-9-18(21)15-16-27(24)2)11-8-12-20(17)25-26-22-13-6-7-14-23(22)28(25)3/h4*4-16H,1-3H3/q4*+1. The van der Waals surface area contributed by atoms with Gasteiger partial charge in [-0.15, -0.1) is 0 Å². The average Bonchev–Trinajstić information content (AvgIpc) is 1.24. The summed E-state index contributed by atoms with van der Waals surface area (Å²) in [4.78, 5) is 19.8. The first-order valence-corrected chi connectivity index (χ1v) is 38.2. The molecule has 0 amide bonds. The van der Waals surface area contributed by atoms with Crippen molar-refractivity contribution >= 4 is 87.2 Å². The summed E-state index contributed by atoms with van der Waals surface area (Å²) >= 11 is 0. The summed E-state index contributed by atoms with van der Waals surface area (Å²) in [7, 11) is 16.8. The summed E-state index contributed by atoms with van der Waals surface area (Å²) in [5, 5.41) is 9.98. The van der Waals surface area contributed by atoms with Gasteiger partial charge in [0.2, 0.25) is 22.8 Å². The quantitative estimate of drug-likeness (QED) is 0.142. The van der Waals surface area contributed by atoms with Gasteiger partial charge in [0.25, 0.3) is 0 Å². The number of benzene rings is 12. The Bertz CT molecular complexity index is 7050. The van der Waals surface area contributed by atoms with E-state index in [2.05, 4.69) is 412 Å². The molecule has 0 aliphatic heterocycles. The number of aryl methyl sites for hydroxylation is 8. The van der Waals surface area contributed by atoms with Gasteiger partial charge in [-0.05, 0) is 179 Å². The Morgan fingerprint density at radius 3 is 1.15 bits per heavy atom. The molecule has 0 aliphatic rings. The number of pyridine rings is 4. The van der Waals surface area contributed by atoms with E-state index in [0.29, 0.717) is 0 Å². The Balaban J connectivity index is 0.000000108. The summed E-state index contributed by atoms with van der Waals surface area (Å²) in [5.41, 5.74) is 28.2. The molecule has 12 heteroatoms. The third kappa shape index (κ3) is 12.8. The summed E-state index contributed by atoms with van der Waals surface area (Å²) in [6.07, 6.45) is 8.54. The fourth-order valence-corrected chi connectivity index (χ4v) is 16.6. The van der Waals surface area contributed by atoms with Gasteiger partial charge in [0.05, 0.1) is 66.2 Å². The predicted octanol–water partition coefficient (Wildman–Crippen LogP) is 20.8. The van der Waals surface area contributed by atoms with Crippen LogP contribution in [-0.4, -0.2) is 38.2 Å². The van der Waals surface area contributed by atoms with Crippen LogP contribution < -0.4 is 18.3 Å². The maximum absolute atomic E-state index is 5.01. The molecule has 8 heterocycles. The summed E-state index contributed by atoms with van der Waals surface area (Å²) < 4.78 is 17.6. The number of nitrogens with zero attached hydrogens (tertiary/aromatic N) is 12. The first-order chi connectivity index (χ1) is 54.6. The molecular formula is C100H88N12+4.